The highest BCUT2D eigenvalue weighted by atomic mass is 32.2. The fraction of sp³-hybridized carbons (Fsp3) is 0.818. The quantitative estimate of drug-likeness (QED) is 0.811. The molecule has 9 heteroatoms. The van der Waals surface area contributed by atoms with Gasteiger partial charge in [-0.15, -0.1) is 10.2 Å². The van der Waals surface area contributed by atoms with Crippen molar-refractivity contribution in [3.05, 3.63) is 5.01 Å². The van der Waals surface area contributed by atoms with E-state index in [0.29, 0.717) is 24.1 Å². The lowest BCUT2D eigenvalue weighted by Gasteiger charge is -2.31. The number of piperidine rings is 1. The van der Waals surface area contributed by atoms with E-state index in [9.17, 15) is 8.42 Å². The fourth-order valence-corrected chi connectivity index (χ4v) is 4.37. The van der Waals surface area contributed by atoms with E-state index in [4.69, 9.17) is 0 Å². The van der Waals surface area contributed by atoms with Gasteiger partial charge in [0.15, 0.2) is 0 Å². The first-order valence-corrected chi connectivity index (χ1v) is 9.05. The summed E-state index contributed by atoms with van der Waals surface area (Å²) in [5.74, 6) is 0.372. The maximum Gasteiger partial charge on any atom is 0.303 e. The van der Waals surface area contributed by atoms with E-state index in [1.54, 1.807) is 6.92 Å². The maximum absolute atomic E-state index is 12.3. The van der Waals surface area contributed by atoms with Gasteiger partial charge in [-0.25, -0.2) is 4.72 Å². The summed E-state index contributed by atoms with van der Waals surface area (Å²) in [4.78, 5) is 0. The van der Waals surface area contributed by atoms with E-state index in [1.807, 2.05) is 0 Å². The van der Waals surface area contributed by atoms with E-state index in [-0.39, 0.29) is 0 Å². The molecule has 1 saturated heterocycles. The monoisotopic (exact) mass is 319 g/mol. The Kier molecular flexibility index (Phi) is 5.30. The van der Waals surface area contributed by atoms with Gasteiger partial charge in [-0.3, -0.25) is 0 Å². The molecule has 0 aromatic carbocycles. The van der Waals surface area contributed by atoms with Crippen molar-refractivity contribution in [2.45, 2.75) is 26.7 Å². The van der Waals surface area contributed by atoms with Crippen LogP contribution in [0.1, 0.15) is 24.8 Å². The average Bonchev–Trinajstić information content (AvgIpc) is 2.81. The summed E-state index contributed by atoms with van der Waals surface area (Å²) in [6.07, 6.45) is 1.96. The van der Waals surface area contributed by atoms with E-state index >= 15 is 0 Å². The minimum Gasteiger partial charge on any atom is -0.317 e. The van der Waals surface area contributed by atoms with E-state index in [1.165, 1.54) is 15.6 Å². The Morgan fingerprint density at radius 1 is 1.45 bits per heavy atom. The minimum atomic E-state index is -3.52. The van der Waals surface area contributed by atoms with Crippen LogP contribution in [0.4, 0.5) is 5.13 Å². The predicted octanol–water partition coefficient (Wildman–Crippen LogP) is 0.825. The molecule has 1 unspecified atom stereocenters. The van der Waals surface area contributed by atoms with E-state index < -0.39 is 10.2 Å². The van der Waals surface area contributed by atoms with Gasteiger partial charge in [0, 0.05) is 13.1 Å². The van der Waals surface area contributed by atoms with Crippen LogP contribution in [0.2, 0.25) is 0 Å². The molecule has 1 atom stereocenters. The molecule has 1 aromatic heterocycles. The van der Waals surface area contributed by atoms with Crippen LogP contribution in [0.25, 0.3) is 0 Å². The molecule has 1 aliphatic rings. The summed E-state index contributed by atoms with van der Waals surface area (Å²) >= 11 is 1.24. The summed E-state index contributed by atoms with van der Waals surface area (Å²) in [7, 11) is -3.52. The van der Waals surface area contributed by atoms with Crippen molar-refractivity contribution in [1.29, 1.82) is 0 Å². The lowest BCUT2D eigenvalue weighted by Crippen LogP contribution is -2.45. The van der Waals surface area contributed by atoms with Gasteiger partial charge in [0.25, 0.3) is 0 Å². The van der Waals surface area contributed by atoms with E-state index in [2.05, 4.69) is 27.2 Å². The number of hydrogen-bond acceptors (Lipinski definition) is 6. The Bertz CT molecular complexity index is 531. The summed E-state index contributed by atoms with van der Waals surface area (Å²) in [5, 5.41) is 12.0. The van der Waals surface area contributed by atoms with Crippen molar-refractivity contribution >= 4 is 26.7 Å². The normalized spacial score (nSPS) is 21.0. The van der Waals surface area contributed by atoms with Crippen molar-refractivity contribution in [3.8, 4) is 0 Å². The van der Waals surface area contributed by atoms with Gasteiger partial charge in [-0.2, -0.15) is 12.7 Å². The standard InChI is InChI=1S/C11H21N5O2S2/c1-3-12-7-10-5-4-6-16(8-10)20(17,18)15-11-14-13-9(2)19-11/h10,12H,3-8H2,1-2H3,(H,14,15). The Morgan fingerprint density at radius 3 is 2.90 bits per heavy atom. The second-order valence-corrected chi connectivity index (χ2v) is 7.76. The molecule has 2 N–H and O–H groups in total. The largest absolute Gasteiger partial charge is 0.317 e. The Hall–Kier alpha value is -0.770. The molecule has 1 aromatic rings. The predicted molar refractivity (Wildman–Crippen MR) is 80.0 cm³/mol. The van der Waals surface area contributed by atoms with Crippen LogP contribution in [-0.2, 0) is 10.2 Å². The van der Waals surface area contributed by atoms with Gasteiger partial charge in [0.05, 0.1) is 0 Å². The van der Waals surface area contributed by atoms with Crippen LogP contribution in [0.5, 0.6) is 0 Å². The van der Waals surface area contributed by atoms with Gasteiger partial charge >= 0.3 is 10.2 Å². The highest BCUT2D eigenvalue weighted by molar-refractivity contribution is 7.90. The number of hydrogen-bond donors (Lipinski definition) is 2. The third-order valence-electron chi connectivity index (χ3n) is 3.25. The zero-order valence-electron chi connectivity index (χ0n) is 11.8. The SMILES string of the molecule is CCNCC1CCCN(S(=O)(=O)Nc2nnc(C)s2)C1. The lowest BCUT2D eigenvalue weighted by molar-refractivity contribution is 0.262. The third-order valence-corrected chi connectivity index (χ3v) is 5.59. The molecule has 0 radical (unpaired) electrons. The van der Waals surface area contributed by atoms with Gasteiger partial charge in [-0.05, 0) is 38.8 Å². The molecule has 2 rings (SSSR count). The number of rotatable bonds is 6. The molecule has 2 heterocycles. The van der Waals surface area contributed by atoms with Crippen LogP contribution < -0.4 is 10.0 Å². The summed E-state index contributed by atoms with van der Waals surface area (Å²) < 4.78 is 28.7. The Morgan fingerprint density at radius 2 is 2.25 bits per heavy atom. The van der Waals surface area contributed by atoms with Crippen LogP contribution in [0.3, 0.4) is 0 Å². The molecule has 0 spiro atoms. The van der Waals surface area contributed by atoms with Crippen molar-refractivity contribution in [1.82, 2.24) is 19.8 Å². The molecule has 114 valence electrons. The number of nitrogens with one attached hydrogen (secondary N) is 2. The lowest BCUT2D eigenvalue weighted by atomic mass is 10.00. The Labute approximate surface area is 124 Å². The van der Waals surface area contributed by atoms with Gasteiger partial charge in [0.1, 0.15) is 5.01 Å². The third kappa shape index (κ3) is 4.11. The maximum atomic E-state index is 12.3. The first kappa shape index (κ1) is 15.6. The molecule has 7 nitrogen and oxygen atoms in total. The second kappa shape index (κ2) is 6.79. The highest BCUT2D eigenvalue weighted by Gasteiger charge is 2.29. The van der Waals surface area contributed by atoms with Crippen LogP contribution >= 0.6 is 11.3 Å². The molecule has 1 fully saturated rings. The molecule has 0 aliphatic carbocycles. The fourth-order valence-electron chi connectivity index (χ4n) is 2.27. The average molecular weight is 319 g/mol. The molecule has 1 aliphatic heterocycles. The van der Waals surface area contributed by atoms with Crippen molar-refractivity contribution < 1.29 is 8.42 Å². The highest BCUT2D eigenvalue weighted by Crippen LogP contribution is 2.21. The van der Waals surface area contributed by atoms with Gasteiger partial charge in [0.2, 0.25) is 5.13 Å². The van der Waals surface area contributed by atoms with Crippen molar-refractivity contribution in [2.75, 3.05) is 30.9 Å². The molecular weight excluding hydrogens is 298 g/mol. The van der Waals surface area contributed by atoms with Crippen LogP contribution in [0, 0.1) is 12.8 Å². The number of nitrogens with zero attached hydrogens (tertiary/aromatic N) is 3. The van der Waals surface area contributed by atoms with Crippen LogP contribution in [0.15, 0.2) is 0 Å². The zero-order chi connectivity index (χ0) is 14.6. The summed E-state index contributed by atoms with van der Waals surface area (Å²) in [6.45, 7) is 6.74. The topological polar surface area (TPSA) is 87.2 Å². The summed E-state index contributed by atoms with van der Waals surface area (Å²) in [6, 6.07) is 0. The number of anilines is 1. The molecule has 0 amide bonds. The Balaban J connectivity index is 1.97. The van der Waals surface area contributed by atoms with E-state index in [0.717, 1.165) is 30.9 Å². The molecule has 20 heavy (non-hydrogen) atoms. The molecular formula is C11H21N5O2S2. The smallest absolute Gasteiger partial charge is 0.303 e. The van der Waals surface area contributed by atoms with Crippen LogP contribution in [-0.4, -0.2) is 49.1 Å². The van der Waals surface area contributed by atoms with Crippen molar-refractivity contribution in [3.63, 3.8) is 0 Å². The van der Waals surface area contributed by atoms with Gasteiger partial charge < -0.3 is 5.32 Å². The van der Waals surface area contributed by atoms with Gasteiger partial charge in [-0.1, -0.05) is 18.3 Å². The summed E-state index contributed by atoms with van der Waals surface area (Å²) in [5.41, 5.74) is 0. The number of aromatic nitrogens is 2. The first-order chi connectivity index (χ1) is 9.51. The zero-order valence-corrected chi connectivity index (χ0v) is 13.4. The number of aryl methyl sites for hydroxylation is 1. The van der Waals surface area contributed by atoms with Crippen molar-refractivity contribution in [2.24, 2.45) is 5.92 Å². The first-order valence-electron chi connectivity index (χ1n) is 6.80. The minimum absolute atomic E-state index is 0.330. The second-order valence-electron chi connectivity index (χ2n) is 4.91. The molecule has 0 bridgehead atoms. The molecule has 0 saturated carbocycles.